The number of halogens is 1. The molecule has 1 heterocycles. The lowest BCUT2D eigenvalue weighted by Gasteiger charge is -2.06. The quantitative estimate of drug-likeness (QED) is 0.689. The van der Waals surface area contributed by atoms with E-state index in [1.54, 1.807) is 6.92 Å². The van der Waals surface area contributed by atoms with Gasteiger partial charge in [0.25, 0.3) is 11.6 Å². The van der Waals surface area contributed by atoms with E-state index in [1.807, 2.05) is 0 Å². The van der Waals surface area contributed by atoms with Gasteiger partial charge in [0, 0.05) is 12.1 Å². The Labute approximate surface area is 113 Å². The number of benzene rings is 1. The summed E-state index contributed by atoms with van der Waals surface area (Å²) < 4.78 is 5.01. The highest BCUT2D eigenvalue weighted by atomic mass is 35.5. The SMILES string of the molecule is Cc1occc1C(=O)Nc1cc([N+](=O)[O-])ccc1Cl. The fraction of sp³-hybridized carbons (Fsp3) is 0.0833. The first-order valence-electron chi connectivity index (χ1n) is 5.28. The number of nitro benzene ring substituents is 1. The summed E-state index contributed by atoms with van der Waals surface area (Å²) in [5, 5.41) is 13.4. The van der Waals surface area contributed by atoms with E-state index in [1.165, 1.54) is 30.5 Å². The summed E-state index contributed by atoms with van der Waals surface area (Å²) in [6.07, 6.45) is 1.39. The molecule has 1 aromatic carbocycles. The van der Waals surface area contributed by atoms with Crippen molar-refractivity contribution in [1.29, 1.82) is 0 Å². The molecule has 0 aliphatic rings. The van der Waals surface area contributed by atoms with Gasteiger partial charge in [0.1, 0.15) is 5.76 Å². The Morgan fingerprint density at radius 2 is 2.16 bits per heavy atom. The first-order chi connectivity index (χ1) is 8.99. The summed E-state index contributed by atoms with van der Waals surface area (Å²) in [7, 11) is 0. The number of hydrogen-bond donors (Lipinski definition) is 1. The lowest BCUT2D eigenvalue weighted by molar-refractivity contribution is -0.384. The number of amides is 1. The standard InChI is InChI=1S/C12H9ClN2O4/c1-7-9(4-5-19-7)12(16)14-11-6-8(15(17)18)2-3-10(11)13/h2-6H,1H3,(H,14,16). The van der Waals surface area contributed by atoms with Gasteiger partial charge in [0.05, 0.1) is 27.5 Å². The fourth-order valence-corrected chi connectivity index (χ4v) is 1.70. The maximum Gasteiger partial charge on any atom is 0.271 e. The van der Waals surface area contributed by atoms with Gasteiger partial charge < -0.3 is 9.73 Å². The average molecular weight is 281 g/mol. The molecule has 0 aliphatic carbocycles. The minimum absolute atomic E-state index is 0.149. The number of nitrogens with zero attached hydrogens (tertiary/aromatic N) is 1. The molecule has 0 atom stereocenters. The maximum atomic E-state index is 11.9. The minimum atomic E-state index is -0.560. The summed E-state index contributed by atoms with van der Waals surface area (Å²) >= 11 is 5.89. The van der Waals surface area contributed by atoms with E-state index in [4.69, 9.17) is 16.0 Å². The van der Waals surface area contributed by atoms with E-state index < -0.39 is 10.8 Å². The van der Waals surface area contributed by atoms with Crippen LogP contribution < -0.4 is 5.32 Å². The van der Waals surface area contributed by atoms with Crippen molar-refractivity contribution >= 4 is 28.9 Å². The topological polar surface area (TPSA) is 85.4 Å². The fourth-order valence-electron chi connectivity index (χ4n) is 1.53. The summed E-state index contributed by atoms with van der Waals surface area (Å²) in [6, 6.07) is 5.34. The molecule has 1 aromatic heterocycles. The lowest BCUT2D eigenvalue weighted by Crippen LogP contribution is -2.12. The van der Waals surface area contributed by atoms with Gasteiger partial charge in [-0.25, -0.2) is 0 Å². The lowest BCUT2D eigenvalue weighted by atomic mass is 10.2. The van der Waals surface area contributed by atoms with E-state index in [2.05, 4.69) is 5.32 Å². The molecule has 1 N–H and O–H groups in total. The van der Waals surface area contributed by atoms with Crippen molar-refractivity contribution in [1.82, 2.24) is 0 Å². The summed E-state index contributed by atoms with van der Waals surface area (Å²) in [6.45, 7) is 1.64. The number of carbonyl (C=O) groups is 1. The normalized spacial score (nSPS) is 10.2. The zero-order chi connectivity index (χ0) is 14.0. The molecule has 0 spiro atoms. The van der Waals surface area contributed by atoms with Gasteiger partial charge in [-0.05, 0) is 19.1 Å². The predicted octanol–water partition coefficient (Wildman–Crippen LogP) is 3.40. The third kappa shape index (κ3) is 2.74. The number of nitrogens with one attached hydrogen (secondary N) is 1. The van der Waals surface area contributed by atoms with Crippen molar-refractivity contribution < 1.29 is 14.1 Å². The van der Waals surface area contributed by atoms with Crippen LogP contribution >= 0.6 is 11.6 Å². The van der Waals surface area contributed by atoms with Gasteiger partial charge in [-0.2, -0.15) is 0 Å². The highest BCUT2D eigenvalue weighted by molar-refractivity contribution is 6.34. The average Bonchev–Trinajstić information content (AvgIpc) is 2.78. The molecule has 7 heteroatoms. The number of aryl methyl sites for hydroxylation is 1. The summed E-state index contributed by atoms with van der Waals surface area (Å²) in [5.74, 6) is 0.0210. The van der Waals surface area contributed by atoms with Crippen LogP contribution in [0.1, 0.15) is 16.1 Å². The van der Waals surface area contributed by atoms with Crippen LogP contribution in [-0.4, -0.2) is 10.8 Å². The van der Waals surface area contributed by atoms with Gasteiger partial charge in [-0.3, -0.25) is 14.9 Å². The van der Waals surface area contributed by atoms with Crippen molar-refractivity contribution in [2.45, 2.75) is 6.92 Å². The van der Waals surface area contributed by atoms with Crippen molar-refractivity contribution in [3.05, 3.63) is 57.0 Å². The molecule has 2 rings (SSSR count). The third-order valence-electron chi connectivity index (χ3n) is 2.51. The number of hydrogen-bond acceptors (Lipinski definition) is 4. The van der Waals surface area contributed by atoms with Crippen LogP contribution in [0.25, 0.3) is 0 Å². The number of anilines is 1. The second-order valence-electron chi connectivity index (χ2n) is 3.77. The molecule has 0 fully saturated rings. The Balaban J connectivity index is 2.28. The van der Waals surface area contributed by atoms with Crippen LogP contribution in [0.5, 0.6) is 0 Å². The van der Waals surface area contributed by atoms with Crippen molar-refractivity contribution in [3.8, 4) is 0 Å². The Morgan fingerprint density at radius 3 is 2.74 bits per heavy atom. The molecule has 98 valence electrons. The molecule has 2 aromatic rings. The van der Waals surface area contributed by atoms with Crippen LogP contribution in [0.15, 0.2) is 34.9 Å². The molecular weight excluding hydrogens is 272 g/mol. The number of furan rings is 1. The van der Waals surface area contributed by atoms with Crippen molar-refractivity contribution in [2.75, 3.05) is 5.32 Å². The monoisotopic (exact) mass is 280 g/mol. The number of nitro groups is 1. The molecular formula is C12H9ClN2O4. The van der Waals surface area contributed by atoms with Crippen molar-refractivity contribution in [2.24, 2.45) is 0 Å². The van der Waals surface area contributed by atoms with E-state index >= 15 is 0 Å². The molecule has 0 aliphatic heterocycles. The summed E-state index contributed by atoms with van der Waals surface area (Å²) in [4.78, 5) is 22.0. The first-order valence-corrected chi connectivity index (χ1v) is 5.66. The van der Waals surface area contributed by atoms with E-state index in [0.717, 1.165) is 0 Å². The van der Waals surface area contributed by atoms with E-state index in [9.17, 15) is 14.9 Å². The zero-order valence-electron chi connectivity index (χ0n) is 9.84. The first kappa shape index (κ1) is 13.1. The smallest absolute Gasteiger partial charge is 0.271 e. The van der Waals surface area contributed by atoms with Crippen LogP contribution in [0.3, 0.4) is 0 Å². The Hall–Kier alpha value is -2.34. The predicted molar refractivity (Wildman–Crippen MR) is 69.5 cm³/mol. The van der Waals surface area contributed by atoms with Crippen LogP contribution in [0.4, 0.5) is 11.4 Å². The number of non-ortho nitro benzene ring substituents is 1. The van der Waals surface area contributed by atoms with Gasteiger partial charge in [-0.15, -0.1) is 0 Å². The maximum absolute atomic E-state index is 11.9. The number of carbonyl (C=O) groups excluding carboxylic acids is 1. The molecule has 6 nitrogen and oxygen atoms in total. The highest BCUT2D eigenvalue weighted by Crippen LogP contribution is 2.27. The van der Waals surface area contributed by atoms with E-state index in [0.29, 0.717) is 11.3 Å². The Kier molecular flexibility index (Phi) is 3.52. The molecule has 19 heavy (non-hydrogen) atoms. The van der Waals surface area contributed by atoms with E-state index in [-0.39, 0.29) is 16.4 Å². The Morgan fingerprint density at radius 1 is 1.42 bits per heavy atom. The molecule has 0 radical (unpaired) electrons. The summed E-state index contributed by atoms with van der Waals surface area (Å²) in [5.41, 5.74) is 0.382. The van der Waals surface area contributed by atoms with Crippen LogP contribution in [-0.2, 0) is 0 Å². The zero-order valence-corrected chi connectivity index (χ0v) is 10.6. The second kappa shape index (κ2) is 5.11. The third-order valence-corrected chi connectivity index (χ3v) is 2.84. The second-order valence-corrected chi connectivity index (χ2v) is 4.17. The van der Waals surface area contributed by atoms with Gasteiger partial charge in [-0.1, -0.05) is 11.6 Å². The van der Waals surface area contributed by atoms with Crippen LogP contribution in [0, 0.1) is 17.0 Å². The minimum Gasteiger partial charge on any atom is -0.469 e. The molecule has 0 saturated carbocycles. The largest absolute Gasteiger partial charge is 0.469 e. The highest BCUT2D eigenvalue weighted by Gasteiger charge is 2.15. The van der Waals surface area contributed by atoms with Crippen LogP contribution in [0.2, 0.25) is 5.02 Å². The molecule has 0 unspecified atom stereocenters. The Bertz CT molecular complexity index is 651. The van der Waals surface area contributed by atoms with Gasteiger partial charge >= 0.3 is 0 Å². The van der Waals surface area contributed by atoms with Gasteiger partial charge in [0.2, 0.25) is 0 Å². The van der Waals surface area contributed by atoms with Crippen molar-refractivity contribution in [3.63, 3.8) is 0 Å². The van der Waals surface area contributed by atoms with Gasteiger partial charge in [0.15, 0.2) is 0 Å². The molecule has 0 saturated heterocycles. The molecule has 0 bridgehead atoms. The number of rotatable bonds is 3. The molecule has 1 amide bonds.